The second-order valence-corrected chi connectivity index (χ2v) is 7.92. The van der Waals surface area contributed by atoms with E-state index >= 15 is 0 Å². The molecule has 0 spiro atoms. The smallest absolute Gasteiger partial charge is 0.433 e. The number of hydrogen-bond acceptors (Lipinski definition) is 7. The van der Waals surface area contributed by atoms with Crippen LogP contribution in [0.1, 0.15) is 25.1 Å². The first-order chi connectivity index (χ1) is 16.2. The summed E-state index contributed by atoms with van der Waals surface area (Å²) in [5, 5.41) is 7.24. The van der Waals surface area contributed by atoms with Gasteiger partial charge in [-0.15, -0.1) is 0 Å². The van der Waals surface area contributed by atoms with E-state index in [0.29, 0.717) is 27.7 Å². The van der Waals surface area contributed by atoms with E-state index in [1.807, 2.05) is 13.8 Å². The summed E-state index contributed by atoms with van der Waals surface area (Å²) in [6.45, 7) is 4.01. The van der Waals surface area contributed by atoms with Crippen molar-refractivity contribution in [3.63, 3.8) is 0 Å². The summed E-state index contributed by atoms with van der Waals surface area (Å²) in [5.41, 5.74) is 0.546. The van der Waals surface area contributed by atoms with Crippen LogP contribution in [0.4, 0.5) is 18.9 Å². The Bertz CT molecular complexity index is 1260. The molecule has 0 saturated heterocycles. The topological polar surface area (TPSA) is 90.6 Å². The molecule has 12 heteroatoms. The van der Waals surface area contributed by atoms with E-state index in [9.17, 15) is 13.2 Å². The zero-order valence-electron chi connectivity index (χ0n) is 18.1. The Morgan fingerprint density at radius 3 is 2.50 bits per heavy atom. The SMILES string of the molecule is CC(C)Oc1ccc(-c2ncc(CNc3cc(-n4cncn4)nc(C(F)(F)F)c3)cn2)cc1Cl. The number of nitrogens with zero attached hydrogens (tertiary/aromatic N) is 6. The molecule has 0 aliphatic carbocycles. The van der Waals surface area contributed by atoms with E-state index in [1.54, 1.807) is 30.6 Å². The molecule has 0 unspecified atom stereocenters. The molecule has 0 amide bonds. The first kappa shape index (κ1) is 23.4. The van der Waals surface area contributed by atoms with Crippen LogP contribution >= 0.6 is 11.6 Å². The number of pyridine rings is 1. The largest absolute Gasteiger partial charge is 0.489 e. The highest BCUT2D eigenvalue weighted by molar-refractivity contribution is 6.32. The monoisotopic (exact) mass is 489 g/mol. The number of aromatic nitrogens is 6. The van der Waals surface area contributed by atoms with Crippen LogP contribution in [0.2, 0.25) is 5.02 Å². The highest BCUT2D eigenvalue weighted by atomic mass is 35.5. The number of alkyl halides is 3. The molecule has 0 radical (unpaired) electrons. The number of anilines is 1. The van der Waals surface area contributed by atoms with Crippen molar-refractivity contribution >= 4 is 17.3 Å². The number of benzene rings is 1. The molecule has 1 aromatic carbocycles. The average molecular weight is 490 g/mol. The second kappa shape index (κ2) is 9.64. The Balaban J connectivity index is 1.49. The van der Waals surface area contributed by atoms with Crippen molar-refractivity contribution in [2.75, 3.05) is 5.32 Å². The second-order valence-electron chi connectivity index (χ2n) is 7.52. The highest BCUT2D eigenvalue weighted by Crippen LogP contribution is 2.31. The van der Waals surface area contributed by atoms with Crippen molar-refractivity contribution < 1.29 is 17.9 Å². The molecule has 4 aromatic rings. The summed E-state index contributed by atoms with van der Waals surface area (Å²) in [6.07, 6.45) is 1.04. The summed E-state index contributed by atoms with van der Waals surface area (Å²) < 4.78 is 46.7. The van der Waals surface area contributed by atoms with Crippen molar-refractivity contribution in [3.8, 4) is 23.0 Å². The van der Waals surface area contributed by atoms with E-state index in [-0.39, 0.29) is 24.2 Å². The Kier molecular flexibility index (Phi) is 6.64. The van der Waals surface area contributed by atoms with E-state index < -0.39 is 11.9 Å². The molecule has 3 heterocycles. The lowest BCUT2D eigenvalue weighted by Crippen LogP contribution is -2.12. The quantitative estimate of drug-likeness (QED) is 0.382. The summed E-state index contributed by atoms with van der Waals surface area (Å²) in [5.74, 6) is 1.02. The zero-order valence-corrected chi connectivity index (χ0v) is 18.8. The minimum Gasteiger partial charge on any atom is -0.489 e. The summed E-state index contributed by atoms with van der Waals surface area (Å²) >= 11 is 6.28. The van der Waals surface area contributed by atoms with Crippen LogP contribution in [-0.2, 0) is 12.7 Å². The predicted molar refractivity (Wildman–Crippen MR) is 120 cm³/mol. The zero-order chi connectivity index (χ0) is 24.3. The predicted octanol–water partition coefficient (Wildman–Crippen LogP) is 5.19. The van der Waals surface area contributed by atoms with Gasteiger partial charge in [0.25, 0.3) is 0 Å². The fraction of sp³-hybridized carbons (Fsp3) is 0.227. The molecule has 0 fully saturated rings. The van der Waals surface area contributed by atoms with Crippen LogP contribution < -0.4 is 10.1 Å². The van der Waals surface area contributed by atoms with Gasteiger partial charge in [0.05, 0.1) is 11.1 Å². The van der Waals surface area contributed by atoms with Gasteiger partial charge in [-0.3, -0.25) is 0 Å². The Morgan fingerprint density at radius 1 is 1.12 bits per heavy atom. The number of rotatable bonds is 7. The van der Waals surface area contributed by atoms with Gasteiger partial charge in [-0.05, 0) is 38.1 Å². The van der Waals surface area contributed by atoms with Gasteiger partial charge in [-0.25, -0.2) is 24.6 Å². The first-order valence-corrected chi connectivity index (χ1v) is 10.5. The van der Waals surface area contributed by atoms with E-state index in [4.69, 9.17) is 16.3 Å². The third kappa shape index (κ3) is 5.60. The molecule has 176 valence electrons. The Morgan fingerprint density at radius 2 is 1.88 bits per heavy atom. The lowest BCUT2D eigenvalue weighted by molar-refractivity contribution is -0.141. The number of halogens is 4. The van der Waals surface area contributed by atoms with Gasteiger partial charge in [0.15, 0.2) is 11.6 Å². The summed E-state index contributed by atoms with van der Waals surface area (Å²) in [4.78, 5) is 16.1. The summed E-state index contributed by atoms with van der Waals surface area (Å²) in [6, 6.07) is 7.65. The maximum absolute atomic E-state index is 13.3. The van der Waals surface area contributed by atoms with Crippen LogP contribution in [0.3, 0.4) is 0 Å². The first-order valence-electron chi connectivity index (χ1n) is 10.1. The van der Waals surface area contributed by atoms with Gasteiger partial charge >= 0.3 is 6.18 Å². The van der Waals surface area contributed by atoms with Gasteiger partial charge in [0.2, 0.25) is 0 Å². The lowest BCUT2D eigenvalue weighted by Gasteiger charge is -2.13. The van der Waals surface area contributed by atoms with Gasteiger partial charge in [0.1, 0.15) is 24.1 Å². The molecule has 4 rings (SSSR count). The molecule has 0 aliphatic heterocycles. The molecular formula is C22H19ClF3N7O. The number of ether oxygens (including phenoxy) is 1. The van der Waals surface area contributed by atoms with E-state index in [2.05, 4.69) is 30.4 Å². The van der Waals surface area contributed by atoms with Crippen molar-refractivity contribution in [1.82, 2.24) is 29.7 Å². The van der Waals surface area contributed by atoms with Crippen LogP contribution in [0.5, 0.6) is 5.75 Å². The molecule has 3 aromatic heterocycles. The van der Waals surface area contributed by atoms with Gasteiger partial charge in [-0.2, -0.15) is 18.3 Å². The molecule has 0 saturated carbocycles. The molecule has 34 heavy (non-hydrogen) atoms. The molecule has 0 atom stereocenters. The highest BCUT2D eigenvalue weighted by Gasteiger charge is 2.33. The minimum absolute atomic E-state index is 0.00807. The van der Waals surface area contributed by atoms with Gasteiger partial charge < -0.3 is 10.1 Å². The van der Waals surface area contributed by atoms with Crippen LogP contribution in [0.15, 0.2) is 55.4 Å². The molecule has 0 aliphatic rings. The fourth-order valence-electron chi connectivity index (χ4n) is 3.00. The number of hydrogen-bond donors (Lipinski definition) is 1. The van der Waals surface area contributed by atoms with Gasteiger partial charge in [0, 0.05) is 41.8 Å². The molecule has 8 nitrogen and oxygen atoms in total. The van der Waals surface area contributed by atoms with Crippen molar-refractivity contribution in [2.24, 2.45) is 0 Å². The normalized spacial score (nSPS) is 11.6. The Labute approximate surface area is 197 Å². The van der Waals surface area contributed by atoms with Crippen LogP contribution in [0, 0.1) is 0 Å². The van der Waals surface area contributed by atoms with Crippen molar-refractivity contribution in [2.45, 2.75) is 32.7 Å². The summed E-state index contributed by atoms with van der Waals surface area (Å²) in [7, 11) is 0. The number of nitrogens with one attached hydrogen (secondary N) is 1. The van der Waals surface area contributed by atoms with E-state index in [1.165, 1.54) is 18.7 Å². The maximum Gasteiger partial charge on any atom is 0.433 e. The third-order valence-electron chi connectivity index (χ3n) is 4.51. The lowest BCUT2D eigenvalue weighted by atomic mass is 10.2. The van der Waals surface area contributed by atoms with Crippen molar-refractivity contribution in [1.29, 1.82) is 0 Å². The van der Waals surface area contributed by atoms with Crippen LogP contribution in [0.25, 0.3) is 17.2 Å². The average Bonchev–Trinajstić information content (AvgIpc) is 3.33. The van der Waals surface area contributed by atoms with Crippen molar-refractivity contribution in [3.05, 3.63) is 71.7 Å². The minimum atomic E-state index is -4.62. The fourth-order valence-corrected chi connectivity index (χ4v) is 3.22. The maximum atomic E-state index is 13.3. The van der Waals surface area contributed by atoms with Crippen LogP contribution in [-0.4, -0.2) is 35.8 Å². The standard InChI is InChI=1S/C22H19ClF3N7O/c1-13(2)34-18-4-3-15(5-17(18)23)21-29-9-14(10-30-21)8-28-16-6-19(22(24,25)26)32-20(7-16)33-12-27-11-31-33/h3-7,9-13H,8H2,1-2H3,(H,28,32). The molecular weight excluding hydrogens is 471 g/mol. The van der Waals surface area contributed by atoms with Gasteiger partial charge in [-0.1, -0.05) is 11.6 Å². The molecule has 0 bridgehead atoms. The van der Waals surface area contributed by atoms with E-state index in [0.717, 1.165) is 10.7 Å². The third-order valence-corrected chi connectivity index (χ3v) is 4.81. The molecule has 1 N–H and O–H groups in total. The Hall–Kier alpha value is -3.73.